The zero-order valence-electron chi connectivity index (χ0n) is 12.4. The summed E-state index contributed by atoms with van der Waals surface area (Å²) >= 11 is 0. The van der Waals surface area contributed by atoms with Crippen LogP contribution in [0, 0.1) is 6.92 Å². The molecule has 0 amide bonds. The molecule has 0 aliphatic heterocycles. The molecule has 112 valence electrons. The quantitative estimate of drug-likeness (QED) is 0.801. The molecule has 1 saturated carbocycles. The van der Waals surface area contributed by atoms with E-state index in [1.807, 2.05) is 21.0 Å². The van der Waals surface area contributed by atoms with E-state index in [1.165, 1.54) is 0 Å². The van der Waals surface area contributed by atoms with Crippen molar-refractivity contribution >= 4 is 10.1 Å². The van der Waals surface area contributed by atoms with E-state index in [-0.39, 0.29) is 17.0 Å². The van der Waals surface area contributed by atoms with Gasteiger partial charge < -0.3 is 4.90 Å². The van der Waals surface area contributed by atoms with Crippen LogP contribution in [0.15, 0.2) is 29.2 Å². The molecule has 0 aromatic heterocycles. The molecule has 5 heteroatoms. The van der Waals surface area contributed by atoms with Crippen LogP contribution < -0.4 is 0 Å². The minimum atomic E-state index is -3.67. The summed E-state index contributed by atoms with van der Waals surface area (Å²) in [5, 5.41) is 0. The second-order valence-corrected chi connectivity index (χ2v) is 7.29. The molecule has 1 aromatic rings. The van der Waals surface area contributed by atoms with Crippen molar-refractivity contribution in [2.75, 3.05) is 14.1 Å². The Balaban J connectivity index is 2.16. The summed E-state index contributed by atoms with van der Waals surface area (Å²) in [5.74, 6) is 0. The summed E-state index contributed by atoms with van der Waals surface area (Å²) in [7, 11) is 0.284. The first-order valence-corrected chi connectivity index (χ1v) is 8.47. The second-order valence-electron chi connectivity index (χ2n) is 5.72. The molecule has 0 saturated heterocycles. The fourth-order valence-corrected chi connectivity index (χ4v) is 3.83. The highest BCUT2D eigenvalue weighted by molar-refractivity contribution is 7.86. The van der Waals surface area contributed by atoms with Crippen molar-refractivity contribution in [3.05, 3.63) is 29.8 Å². The molecule has 1 aromatic carbocycles. The van der Waals surface area contributed by atoms with Gasteiger partial charge in [-0.3, -0.25) is 4.18 Å². The zero-order valence-corrected chi connectivity index (χ0v) is 13.2. The van der Waals surface area contributed by atoms with Gasteiger partial charge in [0, 0.05) is 6.04 Å². The number of rotatable bonds is 4. The van der Waals surface area contributed by atoms with Crippen molar-refractivity contribution in [3.63, 3.8) is 0 Å². The minimum Gasteiger partial charge on any atom is -0.304 e. The normalized spacial score (nSPS) is 24.0. The topological polar surface area (TPSA) is 46.6 Å². The Hall–Kier alpha value is -0.910. The standard InChI is InChI=1S/C15H23NO3S/c1-12-8-10-13(11-9-12)20(17,18)19-15-7-5-4-6-14(15)16(2)3/h8-11,14-15H,4-7H2,1-3H3/t14-,15-/m1/s1. The smallest absolute Gasteiger partial charge is 0.297 e. The lowest BCUT2D eigenvalue weighted by Crippen LogP contribution is -2.43. The zero-order chi connectivity index (χ0) is 14.8. The number of nitrogens with zero attached hydrogens (tertiary/aromatic N) is 1. The maximum atomic E-state index is 12.3. The Bertz CT molecular complexity index is 537. The predicted molar refractivity (Wildman–Crippen MR) is 79.2 cm³/mol. The maximum absolute atomic E-state index is 12.3. The average molecular weight is 297 g/mol. The number of aryl methyl sites for hydroxylation is 1. The van der Waals surface area contributed by atoms with Gasteiger partial charge in [0.15, 0.2) is 0 Å². The first-order chi connectivity index (χ1) is 9.40. The van der Waals surface area contributed by atoms with E-state index in [1.54, 1.807) is 24.3 Å². The number of hydrogen-bond acceptors (Lipinski definition) is 4. The lowest BCUT2D eigenvalue weighted by Gasteiger charge is -2.35. The first-order valence-electron chi connectivity index (χ1n) is 7.06. The molecular formula is C15H23NO3S. The summed E-state index contributed by atoms with van der Waals surface area (Å²) < 4.78 is 30.2. The Kier molecular flexibility index (Phi) is 4.83. The summed E-state index contributed by atoms with van der Waals surface area (Å²) in [6.07, 6.45) is 3.70. The summed E-state index contributed by atoms with van der Waals surface area (Å²) in [6.45, 7) is 1.93. The molecule has 20 heavy (non-hydrogen) atoms. The monoisotopic (exact) mass is 297 g/mol. The minimum absolute atomic E-state index is 0.170. The molecule has 1 aliphatic rings. The highest BCUT2D eigenvalue weighted by atomic mass is 32.2. The number of benzene rings is 1. The largest absolute Gasteiger partial charge is 0.304 e. The van der Waals surface area contributed by atoms with Crippen LogP contribution in [0.3, 0.4) is 0 Å². The van der Waals surface area contributed by atoms with Crippen molar-refractivity contribution in [2.24, 2.45) is 0 Å². The van der Waals surface area contributed by atoms with E-state index in [9.17, 15) is 8.42 Å². The van der Waals surface area contributed by atoms with Gasteiger partial charge in [-0.1, -0.05) is 30.5 Å². The van der Waals surface area contributed by atoms with Crippen molar-refractivity contribution in [1.82, 2.24) is 4.90 Å². The first kappa shape index (κ1) is 15.5. The maximum Gasteiger partial charge on any atom is 0.297 e. The highest BCUT2D eigenvalue weighted by Crippen LogP contribution is 2.27. The van der Waals surface area contributed by atoms with E-state index in [4.69, 9.17) is 4.18 Å². The van der Waals surface area contributed by atoms with Crippen LogP contribution in [-0.2, 0) is 14.3 Å². The van der Waals surface area contributed by atoms with Gasteiger partial charge in [0.1, 0.15) is 0 Å². The van der Waals surface area contributed by atoms with Crippen LogP contribution in [0.1, 0.15) is 31.2 Å². The lowest BCUT2D eigenvalue weighted by atomic mass is 9.92. The third kappa shape index (κ3) is 3.59. The van der Waals surface area contributed by atoms with E-state index >= 15 is 0 Å². The molecule has 0 bridgehead atoms. The highest BCUT2D eigenvalue weighted by Gasteiger charge is 2.32. The molecule has 0 N–H and O–H groups in total. The van der Waals surface area contributed by atoms with Crippen LogP contribution in [0.5, 0.6) is 0 Å². The summed E-state index contributed by atoms with van der Waals surface area (Å²) in [4.78, 5) is 2.31. The van der Waals surface area contributed by atoms with Crippen LogP contribution in [-0.4, -0.2) is 39.6 Å². The molecule has 0 heterocycles. The SMILES string of the molecule is Cc1ccc(S(=O)(=O)O[C@@H]2CCCC[C@H]2N(C)C)cc1. The van der Waals surface area contributed by atoms with E-state index in [0.29, 0.717) is 0 Å². The van der Waals surface area contributed by atoms with Gasteiger partial charge in [-0.25, -0.2) is 0 Å². The molecular weight excluding hydrogens is 274 g/mol. The molecule has 0 spiro atoms. The third-order valence-electron chi connectivity index (χ3n) is 3.89. The van der Waals surface area contributed by atoms with E-state index in [0.717, 1.165) is 31.2 Å². The molecule has 1 aliphatic carbocycles. The average Bonchev–Trinajstić information content (AvgIpc) is 2.39. The van der Waals surface area contributed by atoms with Crippen LogP contribution in [0.2, 0.25) is 0 Å². The summed E-state index contributed by atoms with van der Waals surface area (Å²) in [5.41, 5.74) is 1.03. The van der Waals surface area contributed by atoms with Gasteiger partial charge in [0.05, 0.1) is 11.0 Å². The van der Waals surface area contributed by atoms with Crippen LogP contribution in [0.25, 0.3) is 0 Å². The molecule has 4 nitrogen and oxygen atoms in total. The molecule has 2 rings (SSSR count). The van der Waals surface area contributed by atoms with Gasteiger partial charge in [-0.2, -0.15) is 8.42 Å². The molecule has 0 radical (unpaired) electrons. The van der Waals surface area contributed by atoms with Gasteiger partial charge in [0.2, 0.25) is 0 Å². The summed E-state index contributed by atoms with van der Waals surface area (Å²) in [6, 6.07) is 6.97. The van der Waals surface area contributed by atoms with Crippen LogP contribution in [0.4, 0.5) is 0 Å². The molecule has 0 unspecified atom stereocenters. The number of likely N-dealkylation sites (N-methyl/N-ethyl adjacent to an activating group) is 1. The fraction of sp³-hybridized carbons (Fsp3) is 0.600. The van der Waals surface area contributed by atoms with Crippen molar-refractivity contribution in [2.45, 2.75) is 49.6 Å². The Morgan fingerprint density at radius 3 is 2.30 bits per heavy atom. The lowest BCUT2D eigenvalue weighted by molar-refractivity contribution is 0.0672. The van der Waals surface area contributed by atoms with Gasteiger partial charge in [-0.05, 0) is 46.0 Å². The van der Waals surface area contributed by atoms with E-state index in [2.05, 4.69) is 4.90 Å². The molecule has 2 atom stereocenters. The van der Waals surface area contributed by atoms with Gasteiger partial charge in [0.25, 0.3) is 10.1 Å². The third-order valence-corrected chi connectivity index (χ3v) is 5.24. The van der Waals surface area contributed by atoms with Crippen molar-refractivity contribution < 1.29 is 12.6 Å². The van der Waals surface area contributed by atoms with Crippen LogP contribution >= 0.6 is 0 Å². The molecule has 1 fully saturated rings. The predicted octanol–water partition coefficient (Wildman–Crippen LogP) is 2.57. The van der Waals surface area contributed by atoms with Crippen molar-refractivity contribution in [1.29, 1.82) is 0 Å². The van der Waals surface area contributed by atoms with Gasteiger partial charge >= 0.3 is 0 Å². The second kappa shape index (κ2) is 6.24. The van der Waals surface area contributed by atoms with E-state index < -0.39 is 10.1 Å². The Morgan fingerprint density at radius 1 is 1.10 bits per heavy atom. The number of hydrogen-bond donors (Lipinski definition) is 0. The fourth-order valence-electron chi connectivity index (χ4n) is 2.70. The van der Waals surface area contributed by atoms with Crippen molar-refractivity contribution in [3.8, 4) is 0 Å². The Labute approximate surface area is 121 Å². The van der Waals surface area contributed by atoms with Gasteiger partial charge in [-0.15, -0.1) is 0 Å². The Morgan fingerprint density at radius 2 is 1.70 bits per heavy atom.